The van der Waals surface area contributed by atoms with Gasteiger partial charge in [-0.2, -0.15) is 0 Å². The van der Waals surface area contributed by atoms with Crippen LogP contribution in [-0.4, -0.2) is 41.0 Å². The Hall–Kier alpha value is -0.810. The molecule has 0 aromatic heterocycles. The van der Waals surface area contributed by atoms with Crippen LogP contribution < -0.4 is 10.6 Å². The van der Waals surface area contributed by atoms with E-state index in [0.717, 1.165) is 25.7 Å². The summed E-state index contributed by atoms with van der Waals surface area (Å²) in [4.78, 5) is 12.1. The zero-order valence-electron chi connectivity index (χ0n) is 12.2. The highest BCUT2D eigenvalue weighted by molar-refractivity contribution is 5.69. The largest absolute Gasteiger partial charge is 0.444 e. The second-order valence-electron chi connectivity index (χ2n) is 6.90. The van der Waals surface area contributed by atoms with Crippen molar-refractivity contribution >= 4 is 6.09 Å². The molecule has 5 heteroatoms. The molecule has 19 heavy (non-hydrogen) atoms. The van der Waals surface area contributed by atoms with E-state index in [1.807, 2.05) is 20.8 Å². The van der Waals surface area contributed by atoms with Gasteiger partial charge in [-0.3, -0.25) is 0 Å². The van der Waals surface area contributed by atoms with Crippen LogP contribution in [0.3, 0.4) is 0 Å². The van der Waals surface area contributed by atoms with Gasteiger partial charge in [-0.1, -0.05) is 19.3 Å². The second-order valence-corrected chi connectivity index (χ2v) is 6.90. The lowest BCUT2D eigenvalue weighted by molar-refractivity contribution is -0.104. The molecule has 5 nitrogen and oxygen atoms in total. The minimum Gasteiger partial charge on any atom is -0.444 e. The van der Waals surface area contributed by atoms with Crippen molar-refractivity contribution in [3.05, 3.63) is 0 Å². The molecule has 2 fully saturated rings. The highest BCUT2D eigenvalue weighted by atomic mass is 16.6. The van der Waals surface area contributed by atoms with E-state index in [9.17, 15) is 9.90 Å². The van der Waals surface area contributed by atoms with Crippen LogP contribution in [0.2, 0.25) is 0 Å². The Labute approximate surface area is 115 Å². The standard InChI is InChI=1S/C14H26N2O3/c1-12(2,3)19-11(17)16-13(7-5-4-6-8-13)14(18)9-15-10-14/h15,18H,4-10H2,1-3H3,(H,16,17). The number of ether oxygens (including phenoxy) is 1. The van der Waals surface area contributed by atoms with Crippen LogP contribution in [-0.2, 0) is 4.74 Å². The highest BCUT2D eigenvalue weighted by Crippen LogP contribution is 2.39. The van der Waals surface area contributed by atoms with Crippen molar-refractivity contribution in [2.75, 3.05) is 13.1 Å². The van der Waals surface area contributed by atoms with E-state index < -0.39 is 22.8 Å². The number of carbonyl (C=O) groups excluding carboxylic acids is 1. The molecule has 0 atom stereocenters. The van der Waals surface area contributed by atoms with Gasteiger partial charge >= 0.3 is 6.09 Å². The maximum atomic E-state index is 12.1. The number of amides is 1. The molecule has 2 aliphatic rings. The summed E-state index contributed by atoms with van der Waals surface area (Å²) in [6.45, 7) is 6.63. The first-order valence-electron chi connectivity index (χ1n) is 7.21. The number of β-amino-alcohol motifs (C(OH)–C–C–N with tert-alkyl or cyclic N) is 1. The molecule has 0 aromatic carbocycles. The van der Waals surface area contributed by atoms with E-state index in [1.165, 1.54) is 6.42 Å². The summed E-state index contributed by atoms with van der Waals surface area (Å²) in [6, 6.07) is 0. The average Bonchev–Trinajstić information content (AvgIpc) is 2.24. The Morgan fingerprint density at radius 3 is 2.21 bits per heavy atom. The van der Waals surface area contributed by atoms with Crippen LogP contribution in [0.4, 0.5) is 4.79 Å². The summed E-state index contributed by atoms with van der Waals surface area (Å²) in [5.74, 6) is 0. The Morgan fingerprint density at radius 1 is 1.21 bits per heavy atom. The number of rotatable bonds is 2. The van der Waals surface area contributed by atoms with Gasteiger partial charge in [0, 0.05) is 13.1 Å². The number of aliphatic hydroxyl groups is 1. The maximum absolute atomic E-state index is 12.1. The van der Waals surface area contributed by atoms with Gasteiger partial charge in [0.15, 0.2) is 0 Å². The monoisotopic (exact) mass is 270 g/mol. The molecule has 0 spiro atoms. The first-order valence-corrected chi connectivity index (χ1v) is 7.21. The molecule has 1 heterocycles. The molecule has 3 N–H and O–H groups in total. The zero-order chi connectivity index (χ0) is 14.1. The van der Waals surface area contributed by atoms with Crippen LogP contribution in [0, 0.1) is 0 Å². The fraction of sp³-hybridized carbons (Fsp3) is 0.929. The Kier molecular flexibility index (Phi) is 3.80. The third-order valence-electron chi connectivity index (χ3n) is 4.17. The van der Waals surface area contributed by atoms with Crippen LogP contribution in [0.5, 0.6) is 0 Å². The fourth-order valence-electron chi connectivity index (χ4n) is 3.06. The van der Waals surface area contributed by atoms with Crippen LogP contribution >= 0.6 is 0 Å². The van der Waals surface area contributed by atoms with Crippen molar-refractivity contribution in [3.63, 3.8) is 0 Å². The van der Waals surface area contributed by atoms with E-state index in [0.29, 0.717) is 13.1 Å². The van der Waals surface area contributed by atoms with Crippen molar-refractivity contribution < 1.29 is 14.6 Å². The van der Waals surface area contributed by atoms with Gasteiger partial charge in [0.2, 0.25) is 0 Å². The van der Waals surface area contributed by atoms with E-state index in [2.05, 4.69) is 10.6 Å². The van der Waals surface area contributed by atoms with E-state index in [1.54, 1.807) is 0 Å². The molecule has 1 saturated heterocycles. The molecular weight excluding hydrogens is 244 g/mol. The van der Waals surface area contributed by atoms with Gasteiger partial charge in [-0.15, -0.1) is 0 Å². The van der Waals surface area contributed by atoms with Crippen molar-refractivity contribution in [2.24, 2.45) is 0 Å². The van der Waals surface area contributed by atoms with Crippen LogP contribution in [0.25, 0.3) is 0 Å². The minimum atomic E-state index is -0.829. The van der Waals surface area contributed by atoms with E-state index in [4.69, 9.17) is 4.74 Å². The summed E-state index contributed by atoms with van der Waals surface area (Å²) in [7, 11) is 0. The molecule has 1 aliphatic heterocycles. The SMILES string of the molecule is CC(C)(C)OC(=O)NC1(C2(O)CNC2)CCCCC1. The summed E-state index contributed by atoms with van der Waals surface area (Å²) in [5.41, 5.74) is -1.87. The Balaban J connectivity index is 2.08. The number of hydrogen-bond acceptors (Lipinski definition) is 4. The molecular formula is C14H26N2O3. The van der Waals surface area contributed by atoms with Crippen molar-refractivity contribution in [3.8, 4) is 0 Å². The van der Waals surface area contributed by atoms with E-state index in [-0.39, 0.29) is 0 Å². The molecule has 0 bridgehead atoms. The quantitative estimate of drug-likeness (QED) is 0.712. The predicted octanol–water partition coefficient (Wildman–Crippen LogP) is 1.55. The maximum Gasteiger partial charge on any atom is 0.408 e. The molecule has 2 rings (SSSR count). The molecule has 0 radical (unpaired) electrons. The Bertz CT molecular complexity index is 339. The van der Waals surface area contributed by atoms with Crippen molar-refractivity contribution in [2.45, 2.75) is 69.6 Å². The topological polar surface area (TPSA) is 70.6 Å². The van der Waals surface area contributed by atoms with Crippen molar-refractivity contribution in [1.29, 1.82) is 0 Å². The lowest BCUT2D eigenvalue weighted by atomic mass is 9.67. The number of alkyl carbamates (subject to hydrolysis) is 1. The third kappa shape index (κ3) is 3.03. The normalized spacial score (nSPS) is 25.3. The number of nitrogens with one attached hydrogen (secondary N) is 2. The van der Waals surface area contributed by atoms with Gasteiger partial charge in [-0.25, -0.2) is 4.79 Å². The third-order valence-corrected chi connectivity index (χ3v) is 4.17. The minimum absolute atomic E-state index is 0.422. The summed E-state index contributed by atoms with van der Waals surface area (Å²) < 4.78 is 5.35. The van der Waals surface area contributed by atoms with Crippen molar-refractivity contribution in [1.82, 2.24) is 10.6 Å². The van der Waals surface area contributed by atoms with Gasteiger partial charge < -0.3 is 20.5 Å². The zero-order valence-corrected chi connectivity index (χ0v) is 12.2. The second kappa shape index (κ2) is 4.94. The molecule has 1 amide bonds. The first-order chi connectivity index (χ1) is 8.77. The lowest BCUT2D eigenvalue weighted by Crippen LogP contribution is -2.77. The van der Waals surface area contributed by atoms with E-state index >= 15 is 0 Å². The molecule has 1 aliphatic carbocycles. The highest BCUT2D eigenvalue weighted by Gasteiger charge is 2.55. The Morgan fingerprint density at radius 2 is 1.79 bits per heavy atom. The predicted molar refractivity (Wildman–Crippen MR) is 73.0 cm³/mol. The molecule has 1 saturated carbocycles. The van der Waals surface area contributed by atoms with Gasteiger partial charge in [0.1, 0.15) is 11.2 Å². The fourth-order valence-corrected chi connectivity index (χ4v) is 3.06. The number of carbonyl (C=O) groups is 1. The van der Waals surface area contributed by atoms with Gasteiger partial charge in [0.05, 0.1) is 5.54 Å². The molecule has 110 valence electrons. The van der Waals surface area contributed by atoms with Crippen LogP contribution in [0.1, 0.15) is 52.9 Å². The van der Waals surface area contributed by atoms with Gasteiger partial charge in [0.25, 0.3) is 0 Å². The summed E-state index contributed by atoms with van der Waals surface area (Å²) in [6.07, 6.45) is 4.47. The molecule has 0 unspecified atom stereocenters. The first kappa shape index (κ1) is 14.6. The summed E-state index contributed by atoms with van der Waals surface area (Å²) >= 11 is 0. The average molecular weight is 270 g/mol. The summed E-state index contributed by atoms with van der Waals surface area (Å²) in [5, 5.41) is 16.8. The molecule has 0 aromatic rings. The van der Waals surface area contributed by atoms with Gasteiger partial charge in [-0.05, 0) is 33.6 Å². The van der Waals surface area contributed by atoms with Crippen LogP contribution in [0.15, 0.2) is 0 Å². The lowest BCUT2D eigenvalue weighted by Gasteiger charge is -2.54. The number of hydrogen-bond donors (Lipinski definition) is 3. The smallest absolute Gasteiger partial charge is 0.408 e.